The van der Waals surface area contributed by atoms with Gasteiger partial charge in [0.2, 0.25) is 0 Å². The third-order valence-corrected chi connectivity index (χ3v) is 1.32. The maximum atomic E-state index is 12.6. The molecular weight excluding hydrogens is 134 g/mol. The van der Waals surface area contributed by atoms with Crippen molar-refractivity contribution in [1.29, 1.82) is 0 Å². The molecule has 0 aliphatic rings. The minimum absolute atomic E-state index is 0.501. The van der Waals surface area contributed by atoms with Crippen molar-refractivity contribution < 1.29 is 8.78 Å². The molecule has 0 N–H and O–H groups in total. The molecule has 10 heavy (non-hydrogen) atoms. The highest BCUT2D eigenvalue weighted by atomic mass is 19.1. The Labute approximate surface area is 58.5 Å². The molecule has 1 radical (unpaired) electrons. The van der Waals surface area contributed by atoms with Gasteiger partial charge in [-0.2, -0.15) is 0 Å². The van der Waals surface area contributed by atoms with E-state index in [9.17, 15) is 8.78 Å². The summed E-state index contributed by atoms with van der Waals surface area (Å²) < 4.78 is 24.7. The zero-order chi connectivity index (χ0) is 7.56. The second-order valence-corrected chi connectivity index (χ2v) is 2.00. The normalized spacial score (nSPS) is 9.90. The predicted molar refractivity (Wildman–Crippen MR) is 34.6 cm³/mol. The molecule has 2 heteroatoms. The van der Waals surface area contributed by atoms with Crippen molar-refractivity contribution in [3.05, 3.63) is 35.4 Å². The minimum Gasteiger partial charge on any atom is -0.206 e. The largest absolute Gasteiger partial charge is 0.206 e. The van der Waals surface area contributed by atoms with Gasteiger partial charge in [0, 0.05) is 0 Å². The van der Waals surface area contributed by atoms with E-state index < -0.39 is 11.6 Å². The molecule has 0 amide bonds. The van der Waals surface area contributed by atoms with Gasteiger partial charge in [-0.25, -0.2) is 8.78 Å². The summed E-state index contributed by atoms with van der Waals surface area (Å²) in [5, 5.41) is 0. The monoisotopic (exact) mass is 141 g/mol. The molecule has 0 heterocycles. The number of benzene rings is 1. The van der Waals surface area contributed by atoms with E-state index in [0.717, 1.165) is 0 Å². The lowest BCUT2D eigenvalue weighted by Crippen LogP contribution is -1.88. The standard InChI is InChI=1S/C8H7F2/c1-2-6-3-4-7(9)5-8(6)10/h3-4H,2H2,1H3. The smallest absolute Gasteiger partial charge is 0.137 e. The van der Waals surface area contributed by atoms with Crippen LogP contribution in [0.2, 0.25) is 0 Å². The maximum absolute atomic E-state index is 12.6. The molecular formula is C8H7F2. The van der Waals surface area contributed by atoms with E-state index >= 15 is 0 Å². The summed E-state index contributed by atoms with van der Waals surface area (Å²) in [5.41, 5.74) is 0.501. The Kier molecular flexibility index (Phi) is 2.00. The Morgan fingerprint density at radius 2 is 2.10 bits per heavy atom. The van der Waals surface area contributed by atoms with Gasteiger partial charge in [-0.3, -0.25) is 0 Å². The number of hydrogen-bond acceptors (Lipinski definition) is 0. The summed E-state index contributed by atoms with van der Waals surface area (Å²) in [6, 6.07) is 4.60. The molecule has 1 rings (SSSR count). The summed E-state index contributed by atoms with van der Waals surface area (Å²) in [6.45, 7) is 1.81. The highest BCUT2D eigenvalue weighted by molar-refractivity contribution is 5.16. The first-order valence-corrected chi connectivity index (χ1v) is 3.10. The van der Waals surface area contributed by atoms with E-state index in [4.69, 9.17) is 0 Å². The van der Waals surface area contributed by atoms with Crippen molar-refractivity contribution in [3.63, 3.8) is 0 Å². The van der Waals surface area contributed by atoms with Crippen LogP contribution in [0.4, 0.5) is 8.78 Å². The molecule has 0 spiro atoms. The van der Waals surface area contributed by atoms with Crippen molar-refractivity contribution in [2.45, 2.75) is 13.3 Å². The van der Waals surface area contributed by atoms with Crippen LogP contribution in [0.25, 0.3) is 0 Å². The average molecular weight is 141 g/mol. The molecule has 0 nitrogen and oxygen atoms in total. The molecule has 0 saturated carbocycles. The fourth-order valence-electron chi connectivity index (χ4n) is 0.747. The highest BCUT2D eigenvalue weighted by Gasteiger charge is 2.00. The van der Waals surface area contributed by atoms with E-state index in [1.54, 1.807) is 0 Å². The minimum atomic E-state index is -0.644. The molecule has 0 aliphatic carbocycles. The van der Waals surface area contributed by atoms with Gasteiger partial charge in [0.25, 0.3) is 0 Å². The van der Waals surface area contributed by atoms with Crippen LogP contribution in [-0.2, 0) is 6.42 Å². The summed E-state index contributed by atoms with van der Waals surface area (Å²) in [6.07, 6.45) is 0.572. The van der Waals surface area contributed by atoms with Gasteiger partial charge in [0.05, 0.1) is 6.07 Å². The Bertz CT molecular complexity index is 231. The lowest BCUT2D eigenvalue weighted by Gasteiger charge is -1.96. The molecule has 1 aromatic carbocycles. The van der Waals surface area contributed by atoms with Gasteiger partial charge in [-0.15, -0.1) is 0 Å². The molecule has 53 valence electrons. The third kappa shape index (κ3) is 1.32. The predicted octanol–water partition coefficient (Wildman–Crippen LogP) is 2.33. The molecule has 0 saturated heterocycles. The molecule has 0 atom stereocenters. The zero-order valence-corrected chi connectivity index (χ0v) is 5.62. The number of hydrogen-bond donors (Lipinski definition) is 0. The quantitative estimate of drug-likeness (QED) is 0.563. The number of halogens is 2. The summed E-state index contributed by atoms with van der Waals surface area (Å²) in [5.74, 6) is -1.22. The molecule has 0 aliphatic heterocycles. The van der Waals surface area contributed by atoms with Crippen LogP contribution in [0.1, 0.15) is 12.5 Å². The van der Waals surface area contributed by atoms with Crippen molar-refractivity contribution in [1.82, 2.24) is 0 Å². The first-order valence-electron chi connectivity index (χ1n) is 3.10. The van der Waals surface area contributed by atoms with Gasteiger partial charge in [0.15, 0.2) is 0 Å². The highest BCUT2D eigenvalue weighted by Crippen LogP contribution is 2.08. The average Bonchev–Trinajstić information content (AvgIpc) is 1.88. The molecule has 0 unspecified atom stereocenters. The van der Waals surface area contributed by atoms with Crippen LogP contribution in [0.5, 0.6) is 0 Å². The van der Waals surface area contributed by atoms with Crippen LogP contribution in [-0.4, -0.2) is 0 Å². The zero-order valence-electron chi connectivity index (χ0n) is 5.62. The van der Waals surface area contributed by atoms with E-state index in [0.29, 0.717) is 12.0 Å². The number of rotatable bonds is 1. The topological polar surface area (TPSA) is 0 Å². The Morgan fingerprint density at radius 3 is 2.60 bits per heavy atom. The summed E-state index contributed by atoms with van der Waals surface area (Å²) >= 11 is 0. The molecule has 1 aromatic rings. The van der Waals surface area contributed by atoms with Crippen molar-refractivity contribution >= 4 is 0 Å². The first-order chi connectivity index (χ1) is 4.74. The second kappa shape index (κ2) is 2.78. The van der Waals surface area contributed by atoms with E-state index in [2.05, 4.69) is 0 Å². The van der Waals surface area contributed by atoms with Crippen LogP contribution < -0.4 is 0 Å². The van der Waals surface area contributed by atoms with E-state index in [-0.39, 0.29) is 0 Å². The van der Waals surface area contributed by atoms with Gasteiger partial charge in [-0.05, 0) is 18.1 Å². The van der Waals surface area contributed by atoms with Crippen molar-refractivity contribution in [2.75, 3.05) is 0 Å². The fourth-order valence-corrected chi connectivity index (χ4v) is 0.747. The van der Waals surface area contributed by atoms with Gasteiger partial charge >= 0.3 is 0 Å². The SMILES string of the molecule is CCc1ccc(F)[c]c1F. The van der Waals surface area contributed by atoms with Crippen LogP contribution in [0, 0.1) is 17.7 Å². The van der Waals surface area contributed by atoms with Crippen LogP contribution in [0.3, 0.4) is 0 Å². The maximum Gasteiger partial charge on any atom is 0.137 e. The first kappa shape index (κ1) is 7.19. The lowest BCUT2D eigenvalue weighted by atomic mass is 10.1. The Hall–Kier alpha value is -0.920. The Morgan fingerprint density at radius 1 is 1.40 bits per heavy atom. The second-order valence-electron chi connectivity index (χ2n) is 2.00. The van der Waals surface area contributed by atoms with Gasteiger partial charge in [0.1, 0.15) is 11.6 Å². The van der Waals surface area contributed by atoms with E-state index in [1.807, 2.05) is 13.0 Å². The summed E-state index contributed by atoms with van der Waals surface area (Å²) in [7, 11) is 0. The lowest BCUT2D eigenvalue weighted by molar-refractivity contribution is 0.569. The van der Waals surface area contributed by atoms with Crippen LogP contribution >= 0.6 is 0 Å². The van der Waals surface area contributed by atoms with Gasteiger partial charge in [-0.1, -0.05) is 13.0 Å². The molecule has 0 bridgehead atoms. The van der Waals surface area contributed by atoms with Crippen molar-refractivity contribution in [2.24, 2.45) is 0 Å². The third-order valence-electron chi connectivity index (χ3n) is 1.32. The molecule has 0 aromatic heterocycles. The van der Waals surface area contributed by atoms with Gasteiger partial charge < -0.3 is 0 Å². The van der Waals surface area contributed by atoms with Crippen LogP contribution in [0.15, 0.2) is 12.1 Å². The summed E-state index contributed by atoms with van der Waals surface area (Å²) in [4.78, 5) is 0. The fraction of sp³-hybridized carbons (Fsp3) is 0.250. The van der Waals surface area contributed by atoms with Crippen molar-refractivity contribution in [3.8, 4) is 0 Å². The molecule has 0 fully saturated rings. The number of aryl methyl sites for hydroxylation is 1. The Balaban J connectivity index is 3.07. The van der Waals surface area contributed by atoms with E-state index in [1.165, 1.54) is 12.1 Å².